The van der Waals surface area contributed by atoms with Crippen molar-refractivity contribution >= 4 is 11.8 Å². The standard InChI is InChI=1S/C23H26F4N6O/c1-13-3-4-16(15-5-6-17(20(27)19(15)26)34-12-9-18(24)25)22(29-13)33-10-7-14(8-11-33)21-30-31-23(28)32(21)2/h3-6,14,18H,7-12H2,1-2H3,(H2,28,31). The number of ether oxygens (including phenoxy) is 1. The van der Waals surface area contributed by atoms with Crippen LogP contribution < -0.4 is 15.4 Å². The van der Waals surface area contributed by atoms with Crippen LogP contribution in [-0.2, 0) is 7.05 Å². The van der Waals surface area contributed by atoms with E-state index in [0.29, 0.717) is 30.4 Å². The third-order valence-corrected chi connectivity index (χ3v) is 6.05. The lowest BCUT2D eigenvalue weighted by atomic mass is 9.95. The molecule has 1 aliphatic heterocycles. The van der Waals surface area contributed by atoms with E-state index >= 15 is 4.39 Å². The molecule has 1 fully saturated rings. The SMILES string of the molecule is Cc1ccc(-c2ccc(OCCC(F)F)c(F)c2F)c(N2CCC(c3nnc(N)n3C)CC2)n1. The van der Waals surface area contributed by atoms with Crippen LogP contribution >= 0.6 is 0 Å². The quantitative estimate of drug-likeness (QED) is 0.505. The van der Waals surface area contributed by atoms with Gasteiger partial charge in [0, 0.05) is 49.3 Å². The van der Waals surface area contributed by atoms with Gasteiger partial charge in [-0.25, -0.2) is 18.2 Å². The Morgan fingerprint density at radius 2 is 1.76 bits per heavy atom. The molecule has 1 aromatic carbocycles. The molecule has 4 rings (SSSR count). The lowest BCUT2D eigenvalue weighted by Gasteiger charge is -2.33. The van der Waals surface area contributed by atoms with Crippen LogP contribution in [0.4, 0.5) is 29.3 Å². The van der Waals surface area contributed by atoms with Gasteiger partial charge in [0.2, 0.25) is 18.2 Å². The summed E-state index contributed by atoms with van der Waals surface area (Å²) in [5, 5.41) is 8.11. The zero-order valence-electron chi connectivity index (χ0n) is 18.9. The number of halogens is 4. The van der Waals surface area contributed by atoms with Crippen LogP contribution in [0.25, 0.3) is 11.1 Å². The van der Waals surface area contributed by atoms with Gasteiger partial charge in [0.05, 0.1) is 6.61 Å². The predicted octanol–water partition coefficient (Wildman–Crippen LogP) is 4.46. The minimum absolute atomic E-state index is 0.0319. The van der Waals surface area contributed by atoms with Crippen molar-refractivity contribution < 1.29 is 22.3 Å². The van der Waals surface area contributed by atoms with Gasteiger partial charge in [0.15, 0.2) is 11.6 Å². The Kier molecular flexibility index (Phi) is 6.90. The molecule has 0 saturated carbocycles. The highest BCUT2D eigenvalue weighted by Gasteiger charge is 2.28. The molecule has 0 radical (unpaired) electrons. The van der Waals surface area contributed by atoms with E-state index in [4.69, 9.17) is 10.5 Å². The maximum atomic E-state index is 15.0. The second-order valence-electron chi connectivity index (χ2n) is 8.33. The van der Waals surface area contributed by atoms with Crippen molar-refractivity contribution in [1.29, 1.82) is 0 Å². The van der Waals surface area contributed by atoms with E-state index in [1.807, 2.05) is 18.9 Å². The fourth-order valence-electron chi connectivity index (χ4n) is 4.16. The summed E-state index contributed by atoms with van der Waals surface area (Å²) in [6.07, 6.45) is -1.60. The lowest BCUT2D eigenvalue weighted by Crippen LogP contribution is -2.34. The highest BCUT2D eigenvalue weighted by atomic mass is 19.3. The monoisotopic (exact) mass is 478 g/mol. The molecule has 3 aromatic rings. The van der Waals surface area contributed by atoms with Gasteiger partial charge in [0.25, 0.3) is 0 Å². The number of benzene rings is 1. The second-order valence-corrected chi connectivity index (χ2v) is 8.33. The first-order chi connectivity index (χ1) is 16.3. The summed E-state index contributed by atoms with van der Waals surface area (Å²) >= 11 is 0. The second kappa shape index (κ2) is 9.86. The van der Waals surface area contributed by atoms with Crippen LogP contribution in [-0.4, -0.2) is 45.9 Å². The molecule has 3 heterocycles. The van der Waals surface area contributed by atoms with Crippen molar-refractivity contribution in [3.05, 3.63) is 47.4 Å². The molecule has 0 amide bonds. The summed E-state index contributed by atoms with van der Waals surface area (Å²) in [7, 11) is 1.83. The van der Waals surface area contributed by atoms with E-state index < -0.39 is 36.8 Å². The minimum Gasteiger partial charge on any atom is -0.490 e. The number of nitrogen functional groups attached to an aromatic ring is 1. The smallest absolute Gasteiger partial charge is 0.241 e. The number of anilines is 2. The van der Waals surface area contributed by atoms with Gasteiger partial charge < -0.3 is 19.9 Å². The van der Waals surface area contributed by atoms with E-state index in [1.165, 1.54) is 12.1 Å². The number of hydrogen-bond acceptors (Lipinski definition) is 6. The molecular weight excluding hydrogens is 452 g/mol. The Labute approximate surface area is 194 Å². The summed E-state index contributed by atoms with van der Waals surface area (Å²) in [5.74, 6) is -0.793. The summed E-state index contributed by atoms with van der Waals surface area (Å²) in [5.41, 5.74) is 7.03. The summed E-state index contributed by atoms with van der Waals surface area (Å²) in [4.78, 5) is 6.67. The molecule has 0 unspecified atom stereocenters. The summed E-state index contributed by atoms with van der Waals surface area (Å²) in [6.45, 7) is 2.70. The molecule has 34 heavy (non-hydrogen) atoms. The average Bonchev–Trinajstić information content (AvgIpc) is 3.15. The van der Waals surface area contributed by atoms with Crippen molar-refractivity contribution in [3.63, 3.8) is 0 Å². The maximum Gasteiger partial charge on any atom is 0.241 e. The number of alkyl halides is 2. The molecule has 7 nitrogen and oxygen atoms in total. The first-order valence-electron chi connectivity index (χ1n) is 11.0. The Bertz CT molecular complexity index is 1160. The molecule has 182 valence electrons. The van der Waals surface area contributed by atoms with Crippen LogP contribution in [0.2, 0.25) is 0 Å². The number of aryl methyl sites for hydroxylation is 1. The normalized spacial score (nSPS) is 14.7. The van der Waals surface area contributed by atoms with Crippen LogP contribution in [0, 0.1) is 18.6 Å². The first kappa shape index (κ1) is 23.8. The number of nitrogens with two attached hydrogens (primary N) is 1. The number of aromatic nitrogens is 4. The number of nitrogens with zero attached hydrogens (tertiary/aromatic N) is 5. The lowest BCUT2D eigenvalue weighted by molar-refractivity contribution is 0.113. The van der Waals surface area contributed by atoms with E-state index in [9.17, 15) is 13.2 Å². The van der Waals surface area contributed by atoms with E-state index in [2.05, 4.69) is 15.2 Å². The number of hydrogen-bond donors (Lipinski definition) is 1. The number of piperidine rings is 1. The van der Waals surface area contributed by atoms with Gasteiger partial charge in [-0.2, -0.15) is 4.39 Å². The largest absolute Gasteiger partial charge is 0.490 e. The highest BCUT2D eigenvalue weighted by molar-refractivity contribution is 5.77. The average molecular weight is 478 g/mol. The molecule has 0 spiro atoms. The minimum atomic E-state index is -2.58. The number of pyridine rings is 1. The van der Waals surface area contributed by atoms with Crippen LogP contribution in [0.3, 0.4) is 0 Å². The van der Waals surface area contributed by atoms with E-state index in [0.717, 1.165) is 24.4 Å². The highest BCUT2D eigenvalue weighted by Crippen LogP contribution is 2.37. The van der Waals surface area contributed by atoms with Crippen molar-refractivity contribution in [3.8, 4) is 16.9 Å². The van der Waals surface area contributed by atoms with Gasteiger partial charge in [-0.3, -0.25) is 0 Å². The molecule has 2 N–H and O–H groups in total. The van der Waals surface area contributed by atoms with Crippen LogP contribution in [0.5, 0.6) is 5.75 Å². The van der Waals surface area contributed by atoms with Gasteiger partial charge >= 0.3 is 0 Å². The van der Waals surface area contributed by atoms with Crippen molar-refractivity contribution in [1.82, 2.24) is 19.7 Å². The third kappa shape index (κ3) is 4.78. The van der Waals surface area contributed by atoms with Gasteiger partial charge in [-0.05, 0) is 44.0 Å². The molecule has 0 aliphatic carbocycles. The Hall–Kier alpha value is -3.37. The molecular formula is C23H26F4N6O. The third-order valence-electron chi connectivity index (χ3n) is 6.05. The molecule has 0 bridgehead atoms. The van der Waals surface area contributed by atoms with Crippen molar-refractivity contribution in [2.45, 2.75) is 38.5 Å². The maximum absolute atomic E-state index is 15.0. The molecule has 2 aromatic heterocycles. The molecule has 1 aliphatic rings. The molecule has 11 heteroatoms. The summed E-state index contributed by atoms with van der Waals surface area (Å²) in [6, 6.07) is 6.09. The van der Waals surface area contributed by atoms with Gasteiger partial charge in [0.1, 0.15) is 11.6 Å². The Morgan fingerprint density at radius 1 is 1.06 bits per heavy atom. The summed E-state index contributed by atoms with van der Waals surface area (Å²) < 4.78 is 61.1. The zero-order chi connectivity index (χ0) is 24.4. The van der Waals surface area contributed by atoms with Crippen LogP contribution in [0.1, 0.15) is 36.7 Å². The zero-order valence-corrected chi connectivity index (χ0v) is 18.9. The fourth-order valence-corrected chi connectivity index (χ4v) is 4.16. The van der Waals surface area contributed by atoms with Gasteiger partial charge in [-0.1, -0.05) is 0 Å². The molecule has 1 saturated heterocycles. The van der Waals surface area contributed by atoms with Crippen LogP contribution in [0.15, 0.2) is 24.3 Å². The van der Waals surface area contributed by atoms with Gasteiger partial charge in [-0.15, -0.1) is 10.2 Å². The Balaban J connectivity index is 1.57. The van der Waals surface area contributed by atoms with Crippen molar-refractivity contribution in [2.75, 3.05) is 30.3 Å². The van der Waals surface area contributed by atoms with E-state index in [-0.39, 0.29) is 11.5 Å². The predicted molar refractivity (Wildman–Crippen MR) is 120 cm³/mol. The first-order valence-corrected chi connectivity index (χ1v) is 11.0. The number of rotatable bonds is 7. The fraction of sp³-hybridized carbons (Fsp3) is 0.435. The Morgan fingerprint density at radius 3 is 2.41 bits per heavy atom. The van der Waals surface area contributed by atoms with E-state index in [1.54, 1.807) is 16.7 Å². The van der Waals surface area contributed by atoms with Crippen molar-refractivity contribution in [2.24, 2.45) is 7.05 Å². The molecule has 0 atom stereocenters. The topological polar surface area (TPSA) is 82.1 Å².